The Morgan fingerprint density at radius 1 is 1.14 bits per heavy atom. The zero-order chi connectivity index (χ0) is 15.2. The molecule has 0 spiro atoms. The van der Waals surface area contributed by atoms with Crippen molar-refractivity contribution in [3.05, 3.63) is 53.6 Å². The third kappa shape index (κ3) is 3.99. The number of ether oxygens (including phenoxy) is 1. The molecule has 0 bridgehead atoms. The number of carbonyl (C=O) groups excluding carboxylic acids is 1. The van der Waals surface area contributed by atoms with E-state index in [1.54, 1.807) is 7.11 Å². The van der Waals surface area contributed by atoms with Gasteiger partial charge in [0.05, 0.1) is 7.11 Å². The van der Waals surface area contributed by atoms with E-state index in [1.165, 1.54) is 5.56 Å². The quantitative estimate of drug-likeness (QED) is 0.883. The summed E-state index contributed by atoms with van der Waals surface area (Å²) in [5, 5.41) is 5.68. The van der Waals surface area contributed by atoms with E-state index in [4.69, 9.17) is 4.74 Å². The lowest BCUT2D eigenvalue weighted by atomic mass is 10.1. The molecule has 0 atom stereocenters. The molecule has 0 aliphatic carbocycles. The zero-order valence-corrected chi connectivity index (χ0v) is 12.6. The van der Waals surface area contributed by atoms with Gasteiger partial charge in [0.2, 0.25) is 0 Å². The SMILES string of the molecule is CCc1cccc(NC(=O)Nc2ccc(OC)cc2C)c1. The number of hydrogen-bond acceptors (Lipinski definition) is 2. The molecule has 0 radical (unpaired) electrons. The van der Waals surface area contributed by atoms with Crippen molar-refractivity contribution >= 4 is 17.4 Å². The van der Waals surface area contributed by atoms with E-state index in [0.717, 1.165) is 29.1 Å². The van der Waals surface area contributed by atoms with Crippen molar-refractivity contribution < 1.29 is 9.53 Å². The van der Waals surface area contributed by atoms with E-state index in [1.807, 2.05) is 49.4 Å². The fraction of sp³-hybridized carbons (Fsp3) is 0.235. The van der Waals surface area contributed by atoms with Gasteiger partial charge in [-0.25, -0.2) is 4.79 Å². The minimum absolute atomic E-state index is 0.253. The van der Waals surface area contributed by atoms with Crippen LogP contribution in [0, 0.1) is 6.92 Å². The second kappa shape index (κ2) is 6.79. The maximum Gasteiger partial charge on any atom is 0.323 e. The predicted molar refractivity (Wildman–Crippen MR) is 86.2 cm³/mol. The topological polar surface area (TPSA) is 50.4 Å². The van der Waals surface area contributed by atoms with Gasteiger partial charge in [-0.1, -0.05) is 19.1 Å². The van der Waals surface area contributed by atoms with Crippen LogP contribution in [0.3, 0.4) is 0 Å². The third-order valence-electron chi connectivity index (χ3n) is 3.27. The number of benzene rings is 2. The molecule has 0 aromatic heterocycles. The minimum Gasteiger partial charge on any atom is -0.497 e. The molecule has 0 fully saturated rings. The Morgan fingerprint density at radius 3 is 2.62 bits per heavy atom. The Kier molecular flexibility index (Phi) is 4.82. The fourth-order valence-corrected chi connectivity index (χ4v) is 2.06. The number of hydrogen-bond donors (Lipinski definition) is 2. The molecule has 2 N–H and O–H groups in total. The first-order valence-electron chi connectivity index (χ1n) is 6.94. The number of nitrogens with one attached hydrogen (secondary N) is 2. The van der Waals surface area contributed by atoms with Crippen LogP contribution in [0.25, 0.3) is 0 Å². The van der Waals surface area contributed by atoms with E-state index in [9.17, 15) is 4.79 Å². The van der Waals surface area contributed by atoms with Gasteiger partial charge in [-0.15, -0.1) is 0 Å². The van der Waals surface area contributed by atoms with E-state index in [2.05, 4.69) is 17.6 Å². The number of urea groups is 1. The Hall–Kier alpha value is -2.49. The molecule has 4 nitrogen and oxygen atoms in total. The zero-order valence-electron chi connectivity index (χ0n) is 12.6. The number of amides is 2. The normalized spacial score (nSPS) is 10.0. The maximum atomic E-state index is 12.0. The molecule has 4 heteroatoms. The van der Waals surface area contributed by atoms with Crippen LogP contribution in [0.2, 0.25) is 0 Å². The summed E-state index contributed by atoms with van der Waals surface area (Å²) in [6.45, 7) is 4.01. The maximum absolute atomic E-state index is 12.0. The van der Waals surface area contributed by atoms with Gasteiger partial charge in [-0.2, -0.15) is 0 Å². The van der Waals surface area contributed by atoms with Gasteiger partial charge in [0.1, 0.15) is 5.75 Å². The highest BCUT2D eigenvalue weighted by Gasteiger charge is 2.06. The lowest BCUT2D eigenvalue weighted by molar-refractivity contribution is 0.262. The van der Waals surface area contributed by atoms with Gasteiger partial charge in [-0.05, 0) is 54.8 Å². The molecule has 0 aliphatic heterocycles. The number of anilines is 2. The summed E-state index contributed by atoms with van der Waals surface area (Å²) in [5.41, 5.74) is 3.69. The molecule has 0 aliphatic rings. The second-order valence-corrected chi connectivity index (χ2v) is 4.81. The molecule has 0 unspecified atom stereocenters. The van der Waals surface area contributed by atoms with Crippen molar-refractivity contribution in [3.63, 3.8) is 0 Å². The number of methoxy groups -OCH3 is 1. The molecule has 2 amide bonds. The van der Waals surface area contributed by atoms with Crippen LogP contribution in [-0.4, -0.2) is 13.1 Å². The number of rotatable bonds is 4. The molecule has 0 heterocycles. The summed E-state index contributed by atoms with van der Waals surface area (Å²) in [4.78, 5) is 12.0. The molecule has 2 aromatic carbocycles. The van der Waals surface area contributed by atoms with Crippen LogP contribution in [0.4, 0.5) is 16.2 Å². The first-order valence-corrected chi connectivity index (χ1v) is 6.94. The lowest BCUT2D eigenvalue weighted by Crippen LogP contribution is -2.20. The minimum atomic E-state index is -0.253. The highest BCUT2D eigenvalue weighted by atomic mass is 16.5. The third-order valence-corrected chi connectivity index (χ3v) is 3.27. The summed E-state index contributed by atoms with van der Waals surface area (Å²) in [7, 11) is 1.62. The predicted octanol–water partition coefficient (Wildman–Crippen LogP) is 4.21. The number of aryl methyl sites for hydroxylation is 2. The average Bonchev–Trinajstić information content (AvgIpc) is 2.49. The van der Waals surface area contributed by atoms with Gasteiger partial charge in [0.25, 0.3) is 0 Å². The van der Waals surface area contributed by atoms with Crippen LogP contribution >= 0.6 is 0 Å². The van der Waals surface area contributed by atoms with Crippen LogP contribution in [0.1, 0.15) is 18.1 Å². The van der Waals surface area contributed by atoms with Crippen LogP contribution in [0.15, 0.2) is 42.5 Å². The summed E-state index contributed by atoms with van der Waals surface area (Å²) in [6, 6.07) is 13.1. The van der Waals surface area contributed by atoms with Gasteiger partial charge in [-0.3, -0.25) is 0 Å². The molecular formula is C17H20N2O2. The standard InChI is InChI=1S/C17H20N2O2/c1-4-13-6-5-7-14(11-13)18-17(20)19-16-9-8-15(21-3)10-12(16)2/h5-11H,4H2,1-3H3,(H2,18,19,20). The summed E-state index contributed by atoms with van der Waals surface area (Å²) in [6.07, 6.45) is 0.939. The Balaban J connectivity index is 2.04. The van der Waals surface area contributed by atoms with E-state index in [0.29, 0.717) is 0 Å². The van der Waals surface area contributed by atoms with Gasteiger partial charge in [0, 0.05) is 11.4 Å². The van der Waals surface area contributed by atoms with Crippen molar-refractivity contribution in [1.29, 1.82) is 0 Å². The van der Waals surface area contributed by atoms with Crippen LogP contribution in [0.5, 0.6) is 5.75 Å². The highest BCUT2D eigenvalue weighted by Crippen LogP contribution is 2.21. The fourth-order valence-electron chi connectivity index (χ4n) is 2.06. The Labute approximate surface area is 125 Å². The van der Waals surface area contributed by atoms with Crippen molar-refractivity contribution in [2.75, 3.05) is 17.7 Å². The molecule has 2 rings (SSSR count). The van der Waals surface area contributed by atoms with Gasteiger partial charge >= 0.3 is 6.03 Å². The molecule has 0 saturated carbocycles. The monoisotopic (exact) mass is 284 g/mol. The van der Waals surface area contributed by atoms with Crippen molar-refractivity contribution in [2.45, 2.75) is 20.3 Å². The molecule has 0 saturated heterocycles. The Bertz CT molecular complexity index is 638. The van der Waals surface area contributed by atoms with E-state index in [-0.39, 0.29) is 6.03 Å². The van der Waals surface area contributed by atoms with Gasteiger partial charge < -0.3 is 15.4 Å². The molecular weight excluding hydrogens is 264 g/mol. The summed E-state index contributed by atoms with van der Waals surface area (Å²) < 4.78 is 5.15. The van der Waals surface area contributed by atoms with E-state index < -0.39 is 0 Å². The van der Waals surface area contributed by atoms with Gasteiger partial charge in [0.15, 0.2) is 0 Å². The van der Waals surface area contributed by atoms with Crippen molar-refractivity contribution in [1.82, 2.24) is 0 Å². The Morgan fingerprint density at radius 2 is 1.95 bits per heavy atom. The largest absolute Gasteiger partial charge is 0.497 e. The van der Waals surface area contributed by atoms with Crippen molar-refractivity contribution in [2.24, 2.45) is 0 Å². The highest BCUT2D eigenvalue weighted by molar-refractivity contribution is 6.00. The average molecular weight is 284 g/mol. The molecule has 110 valence electrons. The smallest absolute Gasteiger partial charge is 0.323 e. The van der Waals surface area contributed by atoms with Crippen LogP contribution in [-0.2, 0) is 6.42 Å². The molecule has 2 aromatic rings. The van der Waals surface area contributed by atoms with Crippen molar-refractivity contribution in [3.8, 4) is 5.75 Å². The number of carbonyl (C=O) groups is 1. The summed E-state index contributed by atoms with van der Waals surface area (Å²) >= 11 is 0. The first-order chi connectivity index (χ1) is 10.1. The van der Waals surface area contributed by atoms with Crippen LogP contribution < -0.4 is 15.4 Å². The summed E-state index contributed by atoms with van der Waals surface area (Å²) in [5.74, 6) is 0.772. The lowest BCUT2D eigenvalue weighted by Gasteiger charge is -2.11. The second-order valence-electron chi connectivity index (χ2n) is 4.81. The molecule has 21 heavy (non-hydrogen) atoms. The first kappa shape index (κ1) is 14.9. The van der Waals surface area contributed by atoms with E-state index >= 15 is 0 Å².